The van der Waals surface area contributed by atoms with E-state index in [1.807, 2.05) is 37.4 Å². The summed E-state index contributed by atoms with van der Waals surface area (Å²) >= 11 is 0. The molecule has 0 unspecified atom stereocenters. The second-order valence-electron chi connectivity index (χ2n) is 4.59. The molecule has 1 amide bonds. The van der Waals surface area contributed by atoms with E-state index < -0.39 is 0 Å². The van der Waals surface area contributed by atoms with Crippen LogP contribution in [0.1, 0.15) is 16.7 Å². The zero-order valence-electron chi connectivity index (χ0n) is 11.2. The molecule has 0 aliphatic carbocycles. The van der Waals surface area contributed by atoms with E-state index in [0.717, 1.165) is 16.7 Å². The Morgan fingerprint density at radius 3 is 2.95 bits per heavy atom. The molecule has 1 aromatic carbocycles. The number of hydrogen-bond donors (Lipinski definition) is 2. The third kappa shape index (κ3) is 3.42. The lowest BCUT2D eigenvalue weighted by Gasteiger charge is -2.05. The van der Waals surface area contributed by atoms with Gasteiger partial charge < -0.3 is 11.1 Å². The molecule has 19 heavy (non-hydrogen) atoms. The first-order valence-electron chi connectivity index (χ1n) is 6.16. The van der Waals surface area contributed by atoms with E-state index in [0.29, 0.717) is 18.8 Å². The number of hydrogen-bond acceptors (Lipinski definition) is 3. The van der Waals surface area contributed by atoms with Crippen LogP contribution >= 0.6 is 0 Å². The van der Waals surface area contributed by atoms with E-state index in [4.69, 9.17) is 5.73 Å². The molecule has 0 saturated carbocycles. The minimum absolute atomic E-state index is 0.0843. The minimum atomic E-state index is -0.0843. The van der Waals surface area contributed by atoms with Gasteiger partial charge in [-0.25, -0.2) is 0 Å². The minimum Gasteiger partial charge on any atom is -0.326 e. The van der Waals surface area contributed by atoms with Gasteiger partial charge in [-0.15, -0.1) is 0 Å². The topological polar surface area (TPSA) is 72.9 Å². The highest BCUT2D eigenvalue weighted by molar-refractivity contribution is 5.92. The summed E-state index contributed by atoms with van der Waals surface area (Å²) in [5.74, 6) is 0.460. The maximum atomic E-state index is 12.0. The normalized spacial score (nSPS) is 10.5. The Hall–Kier alpha value is -2.14. The molecular formula is C14H18N4O. The zero-order valence-corrected chi connectivity index (χ0v) is 11.2. The quantitative estimate of drug-likeness (QED) is 0.870. The number of anilines is 1. The molecule has 0 fully saturated rings. The molecule has 3 N–H and O–H groups in total. The summed E-state index contributed by atoms with van der Waals surface area (Å²) in [6, 6.07) is 7.90. The smallest absolute Gasteiger partial charge is 0.230 e. The third-order valence-corrected chi connectivity index (χ3v) is 2.83. The van der Waals surface area contributed by atoms with Crippen molar-refractivity contribution in [2.75, 3.05) is 5.32 Å². The molecule has 2 rings (SSSR count). The van der Waals surface area contributed by atoms with Crippen molar-refractivity contribution >= 4 is 11.7 Å². The van der Waals surface area contributed by atoms with Gasteiger partial charge in [-0.05, 0) is 12.5 Å². The Balaban J connectivity index is 2.05. The van der Waals surface area contributed by atoms with Crippen LogP contribution in [0.2, 0.25) is 0 Å². The maximum Gasteiger partial charge on any atom is 0.230 e. The van der Waals surface area contributed by atoms with Crippen LogP contribution in [0.4, 0.5) is 5.82 Å². The molecule has 0 aliphatic rings. The summed E-state index contributed by atoms with van der Waals surface area (Å²) in [5.41, 5.74) is 8.57. The van der Waals surface area contributed by atoms with E-state index in [2.05, 4.69) is 10.4 Å². The first-order valence-corrected chi connectivity index (χ1v) is 6.16. The van der Waals surface area contributed by atoms with Crippen LogP contribution in [0.25, 0.3) is 0 Å². The van der Waals surface area contributed by atoms with E-state index in [-0.39, 0.29) is 5.91 Å². The molecule has 0 bridgehead atoms. The number of nitrogens with two attached hydrogens (primary N) is 1. The fourth-order valence-corrected chi connectivity index (χ4v) is 1.98. The molecule has 1 heterocycles. The summed E-state index contributed by atoms with van der Waals surface area (Å²) in [5, 5.41) is 6.98. The molecule has 0 radical (unpaired) electrons. The lowest BCUT2D eigenvalue weighted by Crippen LogP contribution is -2.16. The van der Waals surface area contributed by atoms with Crippen molar-refractivity contribution in [3.05, 3.63) is 47.2 Å². The van der Waals surface area contributed by atoms with Gasteiger partial charge in [0.15, 0.2) is 5.82 Å². The molecule has 0 spiro atoms. The number of nitrogens with zero attached hydrogens (tertiary/aromatic N) is 2. The number of nitrogens with one attached hydrogen (secondary N) is 1. The van der Waals surface area contributed by atoms with Gasteiger partial charge in [-0.3, -0.25) is 9.48 Å². The molecule has 0 saturated heterocycles. The van der Waals surface area contributed by atoms with Crippen molar-refractivity contribution in [1.82, 2.24) is 9.78 Å². The van der Waals surface area contributed by atoms with Gasteiger partial charge in [0.2, 0.25) is 5.91 Å². The maximum absolute atomic E-state index is 12.0. The van der Waals surface area contributed by atoms with Crippen molar-refractivity contribution in [2.24, 2.45) is 12.8 Å². The third-order valence-electron chi connectivity index (χ3n) is 2.83. The summed E-state index contributed by atoms with van der Waals surface area (Å²) in [7, 11) is 1.80. The van der Waals surface area contributed by atoms with Gasteiger partial charge in [-0.2, -0.15) is 5.10 Å². The van der Waals surface area contributed by atoms with E-state index in [1.54, 1.807) is 11.7 Å². The van der Waals surface area contributed by atoms with Crippen molar-refractivity contribution in [3.63, 3.8) is 0 Å². The standard InChI is InChI=1S/C14H18N4O/c1-10-4-3-5-11(6-10)7-13(19)16-14-12(8-15)9-18(2)17-14/h3-6,9H,7-8,15H2,1-2H3,(H,16,17,19). The summed E-state index contributed by atoms with van der Waals surface area (Å²) in [6.07, 6.45) is 2.14. The Morgan fingerprint density at radius 1 is 1.47 bits per heavy atom. The van der Waals surface area contributed by atoms with Crippen LogP contribution in [0.15, 0.2) is 30.5 Å². The molecule has 0 atom stereocenters. The number of carbonyl (C=O) groups is 1. The molecule has 1 aromatic heterocycles. The Labute approximate surface area is 112 Å². The van der Waals surface area contributed by atoms with Crippen molar-refractivity contribution in [2.45, 2.75) is 19.9 Å². The first-order chi connectivity index (χ1) is 9.08. The van der Waals surface area contributed by atoms with Crippen molar-refractivity contribution in [3.8, 4) is 0 Å². The zero-order chi connectivity index (χ0) is 13.8. The van der Waals surface area contributed by atoms with Crippen molar-refractivity contribution < 1.29 is 4.79 Å². The fraction of sp³-hybridized carbons (Fsp3) is 0.286. The highest BCUT2D eigenvalue weighted by Gasteiger charge is 2.10. The van der Waals surface area contributed by atoms with E-state index >= 15 is 0 Å². The summed E-state index contributed by atoms with van der Waals surface area (Å²) in [4.78, 5) is 12.0. The van der Waals surface area contributed by atoms with Crippen molar-refractivity contribution in [1.29, 1.82) is 0 Å². The van der Waals surface area contributed by atoms with Gasteiger partial charge in [0.25, 0.3) is 0 Å². The SMILES string of the molecule is Cc1cccc(CC(=O)Nc2nn(C)cc2CN)c1. The number of rotatable bonds is 4. The van der Waals surface area contributed by atoms with Gasteiger partial charge in [0, 0.05) is 25.4 Å². The van der Waals surface area contributed by atoms with Gasteiger partial charge in [0.1, 0.15) is 0 Å². The number of carbonyl (C=O) groups excluding carboxylic acids is 1. The predicted octanol–water partition coefficient (Wildman–Crippen LogP) is 1.37. The molecule has 5 heteroatoms. The van der Waals surface area contributed by atoms with Crippen LogP contribution in [0.3, 0.4) is 0 Å². The largest absolute Gasteiger partial charge is 0.326 e. The van der Waals surface area contributed by atoms with E-state index in [9.17, 15) is 4.79 Å². The molecule has 2 aromatic rings. The monoisotopic (exact) mass is 258 g/mol. The number of benzene rings is 1. The summed E-state index contributed by atoms with van der Waals surface area (Å²) < 4.78 is 1.64. The first kappa shape index (κ1) is 13.3. The van der Waals surface area contributed by atoms with Crippen LogP contribution in [-0.4, -0.2) is 15.7 Å². The number of aryl methyl sites for hydroxylation is 2. The number of amides is 1. The Kier molecular flexibility index (Phi) is 3.97. The van der Waals surface area contributed by atoms with E-state index in [1.165, 1.54) is 0 Å². The molecular weight excluding hydrogens is 240 g/mol. The second-order valence-corrected chi connectivity index (χ2v) is 4.59. The van der Waals surface area contributed by atoms with Gasteiger partial charge in [-0.1, -0.05) is 29.8 Å². The average molecular weight is 258 g/mol. The van der Waals surface area contributed by atoms with Gasteiger partial charge in [0.05, 0.1) is 6.42 Å². The average Bonchev–Trinajstić information content (AvgIpc) is 2.69. The highest BCUT2D eigenvalue weighted by Crippen LogP contribution is 2.12. The molecule has 0 aliphatic heterocycles. The molecule has 100 valence electrons. The Bertz CT molecular complexity index is 589. The molecule has 5 nitrogen and oxygen atoms in total. The van der Waals surface area contributed by atoms with Crippen LogP contribution in [0.5, 0.6) is 0 Å². The van der Waals surface area contributed by atoms with Crippen LogP contribution in [-0.2, 0) is 24.8 Å². The lowest BCUT2D eigenvalue weighted by molar-refractivity contribution is -0.115. The van der Waals surface area contributed by atoms with Crippen LogP contribution < -0.4 is 11.1 Å². The second kappa shape index (κ2) is 5.67. The lowest BCUT2D eigenvalue weighted by atomic mass is 10.1. The summed E-state index contributed by atoms with van der Waals surface area (Å²) in [6.45, 7) is 2.36. The predicted molar refractivity (Wildman–Crippen MR) is 74.6 cm³/mol. The highest BCUT2D eigenvalue weighted by atomic mass is 16.1. The van der Waals surface area contributed by atoms with Crippen LogP contribution in [0, 0.1) is 6.92 Å². The number of aromatic nitrogens is 2. The fourth-order valence-electron chi connectivity index (χ4n) is 1.98. The van der Waals surface area contributed by atoms with Gasteiger partial charge >= 0.3 is 0 Å². The Morgan fingerprint density at radius 2 is 2.26 bits per heavy atom.